The molecule has 5 nitrogen and oxygen atoms in total. The maximum absolute atomic E-state index is 13.3. The van der Waals surface area contributed by atoms with Crippen LogP contribution >= 0.6 is 11.8 Å². The molecule has 0 spiro atoms. The van der Waals surface area contributed by atoms with Gasteiger partial charge in [-0.25, -0.2) is 0 Å². The Morgan fingerprint density at radius 3 is 2.38 bits per heavy atom. The SMILES string of the molecule is CCC(C(=O)NC1CCCC1)N(Cc1ccc(OC)cc1)C(=O)CSCc1ccccc1. The minimum atomic E-state index is -0.470. The third-order valence-electron chi connectivity index (χ3n) is 5.94. The largest absolute Gasteiger partial charge is 0.497 e. The third kappa shape index (κ3) is 7.02. The second kappa shape index (κ2) is 12.5. The van der Waals surface area contributed by atoms with Crippen LogP contribution in [0.4, 0.5) is 0 Å². The molecule has 6 heteroatoms. The van der Waals surface area contributed by atoms with Gasteiger partial charge < -0.3 is 15.0 Å². The number of carbonyl (C=O) groups excluding carboxylic acids is 2. The van der Waals surface area contributed by atoms with Crippen molar-refractivity contribution in [2.45, 2.75) is 63.4 Å². The summed E-state index contributed by atoms with van der Waals surface area (Å²) < 4.78 is 5.25. The van der Waals surface area contributed by atoms with Crippen molar-refractivity contribution in [3.8, 4) is 5.75 Å². The Morgan fingerprint density at radius 1 is 1.06 bits per heavy atom. The number of hydrogen-bond acceptors (Lipinski definition) is 4. The van der Waals surface area contributed by atoms with Crippen LogP contribution in [-0.4, -0.2) is 41.7 Å². The summed E-state index contributed by atoms with van der Waals surface area (Å²) in [5, 5.41) is 3.19. The molecule has 32 heavy (non-hydrogen) atoms. The predicted octanol–water partition coefficient (Wildman–Crippen LogP) is 4.79. The van der Waals surface area contributed by atoms with E-state index in [2.05, 4.69) is 17.4 Å². The van der Waals surface area contributed by atoms with Crippen LogP contribution in [0.1, 0.15) is 50.2 Å². The van der Waals surface area contributed by atoms with Crippen LogP contribution in [0.5, 0.6) is 5.75 Å². The summed E-state index contributed by atoms with van der Waals surface area (Å²) in [7, 11) is 1.63. The lowest BCUT2D eigenvalue weighted by Gasteiger charge is -2.31. The van der Waals surface area contributed by atoms with Crippen LogP contribution in [0.3, 0.4) is 0 Å². The van der Waals surface area contributed by atoms with Crippen LogP contribution in [-0.2, 0) is 21.9 Å². The van der Waals surface area contributed by atoms with E-state index in [9.17, 15) is 9.59 Å². The molecular formula is C26H34N2O3S. The van der Waals surface area contributed by atoms with E-state index in [4.69, 9.17) is 4.74 Å². The number of thioether (sulfide) groups is 1. The molecule has 0 radical (unpaired) electrons. The standard InChI is InChI=1S/C26H34N2O3S/c1-3-24(26(30)27-22-11-7-8-12-22)28(17-20-13-15-23(31-2)16-14-20)25(29)19-32-18-21-9-5-4-6-10-21/h4-6,9-10,13-16,22,24H,3,7-8,11-12,17-19H2,1-2H3,(H,27,30). The Balaban J connectivity index is 1.70. The van der Waals surface area contributed by atoms with E-state index >= 15 is 0 Å². The van der Waals surface area contributed by atoms with E-state index in [1.54, 1.807) is 23.8 Å². The lowest BCUT2D eigenvalue weighted by Crippen LogP contribution is -2.51. The summed E-state index contributed by atoms with van der Waals surface area (Å²) in [5.74, 6) is 1.85. The van der Waals surface area contributed by atoms with Crippen LogP contribution < -0.4 is 10.1 Å². The molecule has 3 rings (SSSR count). The van der Waals surface area contributed by atoms with Gasteiger partial charge in [-0.15, -0.1) is 11.8 Å². The number of carbonyl (C=O) groups is 2. The van der Waals surface area contributed by atoms with Gasteiger partial charge in [0.05, 0.1) is 12.9 Å². The first-order valence-corrected chi connectivity index (χ1v) is 12.6. The molecule has 1 aliphatic rings. The molecule has 172 valence electrons. The smallest absolute Gasteiger partial charge is 0.243 e. The van der Waals surface area contributed by atoms with Gasteiger partial charge in [0, 0.05) is 18.3 Å². The van der Waals surface area contributed by atoms with Crippen LogP contribution in [0.2, 0.25) is 0 Å². The molecule has 1 N–H and O–H groups in total. The fourth-order valence-corrected chi connectivity index (χ4v) is 5.00. The van der Waals surface area contributed by atoms with Gasteiger partial charge in [0.25, 0.3) is 0 Å². The quantitative estimate of drug-likeness (QED) is 0.530. The number of nitrogens with zero attached hydrogens (tertiary/aromatic N) is 1. The average molecular weight is 455 g/mol. The first kappa shape index (κ1) is 24.2. The summed E-state index contributed by atoms with van der Waals surface area (Å²) in [6.07, 6.45) is 4.96. The summed E-state index contributed by atoms with van der Waals surface area (Å²) >= 11 is 1.59. The predicted molar refractivity (Wildman–Crippen MR) is 131 cm³/mol. The number of nitrogens with one attached hydrogen (secondary N) is 1. The Bertz CT molecular complexity index is 851. The molecule has 2 aromatic rings. The third-order valence-corrected chi connectivity index (χ3v) is 6.93. The molecule has 2 amide bonds. The molecule has 1 saturated carbocycles. The van der Waals surface area contributed by atoms with Gasteiger partial charge in [-0.1, -0.05) is 62.2 Å². The molecule has 0 heterocycles. The van der Waals surface area contributed by atoms with Crippen molar-refractivity contribution < 1.29 is 14.3 Å². The molecular weight excluding hydrogens is 420 g/mol. The van der Waals surface area contributed by atoms with E-state index in [1.165, 1.54) is 5.56 Å². The first-order chi connectivity index (χ1) is 15.6. The zero-order valence-corrected chi connectivity index (χ0v) is 19.9. The summed E-state index contributed by atoms with van der Waals surface area (Å²) in [6, 6.07) is 17.6. The van der Waals surface area contributed by atoms with Gasteiger partial charge in [0.15, 0.2) is 0 Å². The lowest BCUT2D eigenvalue weighted by molar-refractivity contribution is -0.139. The van der Waals surface area contributed by atoms with Gasteiger partial charge in [-0.05, 0) is 42.5 Å². The molecule has 1 atom stereocenters. The van der Waals surface area contributed by atoms with Crippen molar-refractivity contribution >= 4 is 23.6 Å². The molecule has 0 bridgehead atoms. The maximum atomic E-state index is 13.3. The molecule has 1 aliphatic carbocycles. The van der Waals surface area contributed by atoms with E-state index in [0.717, 1.165) is 42.7 Å². The van der Waals surface area contributed by atoms with Crippen LogP contribution in [0.25, 0.3) is 0 Å². The molecule has 0 aliphatic heterocycles. The van der Waals surface area contributed by atoms with Crippen molar-refractivity contribution in [2.24, 2.45) is 0 Å². The highest BCUT2D eigenvalue weighted by Gasteiger charge is 2.30. The number of hydrogen-bond donors (Lipinski definition) is 1. The highest BCUT2D eigenvalue weighted by atomic mass is 32.2. The summed E-state index contributed by atoms with van der Waals surface area (Å²) in [5.41, 5.74) is 2.18. The molecule has 2 aromatic carbocycles. The Hall–Kier alpha value is -2.47. The molecule has 0 aromatic heterocycles. The second-order valence-corrected chi connectivity index (χ2v) is 9.25. The van der Waals surface area contributed by atoms with Crippen molar-refractivity contribution in [3.05, 3.63) is 65.7 Å². The zero-order valence-electron chi connectivity index (χ0n) is 19.1. The topological polar surface area (TPSA) is 58.6 Å². The van der Waals surface area contributed by atoms with Crippen molar-refractivity contribution in [1.29, 1.82) is 0 Å². The van der Waals surface area contributed by atoms with Gasteiger partial charge in [0.2, 0.25) is 11.8 Å². The number of amides is 2. The van der Waals surface area contributed by atoms with Crippen LogP contribution in [0.15, 0.2) is 54.6 Å². The Kier molecular flexibility index (Phi) is 9.47. The molecule has 1 unspecified atom stereocenters. The minimum Gasteiger partial charge on any atom is -0.497 e. The van der Waals surface area contributed by atoms with E-state index in [1.807, 2.05) is 49.4 Å². The van der Waals surface area contributed by atoms with Gasteiger partial charge in [-0.2, -0.15) is 0 Å². The zero-order chi connectivity index (χ0) is 22.8. The molecule has 0 saturated heterocycles. The molecule has 1 fully saturated rings. The normalized spacial score (nSPS) is 14.7. The fourth-order valence-electron chi connectivity index (χ4n) is 4.13. The number of rotatable bonds is 11. The Labute approximate surface area is 195 Å². The van der Waals surface area contributed by atoms with Gasteiger partial charge >= 0.3 is 0 Å². The van der Waals surface area contributed by atoms with E-state index in [-0.39, 0.29) is 17.9 Å². The first-order valence-electron chi connectivity index (χ1n) is 11.4. The number of ether oxygens (including phenoxy) is 1. The van der Waals surface area contributed by atoms with Gasteiger partial charge in [-0.3, -0.25) is 9.59 Å². The minimum absolute atomic E-state index is 0.00447. The fraction of sp³-hybridized carbons (Fsp3) is 0.462. The second-order valence-electron chi connectivity index (χ2n) is 8.26. The summed E-state index contributed by atoms with van der Waals surface area (Å²) in [4.78, 5) is 28.2. The monoisotopic (exact) mass is 454 g/mol. The highest BCUT2D eigenvalue weighted by molar-refractivity contribution is 7.99. The average Bonchev–Trinajstić information content (AvgIpc) is 3.33. The van der Waals surface area contributed by atoms with Gasteiger partial charge in [0.1, 0.15) is 11.8 Å². The Morgan fingerprint density at radius 2 is 1.75 bits per heavy atom. The maximum Gasteiger partial charge on any atom is 0.243 e. The van der Waals surface area contributed by atoms with Crippen molar-refractivity contribution in [2.75, 3.05) is 12.9 Å². The van der Waals surface area contributed by atoms with E-state index in [0.29, 0.717) is 18.7 Å². The van der Waals surface area contributed by atoms with E-state index < -0.39 is 6.04 Å². The summed E-state index contributed by atoms with van der Waals surface area (Å²) in [6.45, 7) is 2.38. The highest BCUT2D eigenvalue weighted by Crippen LogP contribution is 2.21. The lowest BCUT2D eigenvalue weighted by atomic mass is 10.1. The number of methoxy groups -OCH3 is 1. The number of benzene rings is 2. The van der Waals surface area contributed by atoms with Crippen molar-refractivity contribution in [1.82, 2.24) is 10.2 Å². The van der Waals surface area contributed by atoms with Crippen molar-refractivity contribution in [3.63, 3.8) is 0 Å². The van der Waals surface area contributed by atoms with Crippen LogP contribution in [0, 0.1) is 0 Å².